The number of carbonyl (C=O) groups excluding carboxylic acids is 2. The first-order valence-corrected chi connectivity index (χ1v) is 11.1. The highest BCUT2D eigenvalue weighted by Gasteiger charge is 2.35. The summed E-state index contributed by atoms with van der Waals surface area (Å²) in [5, 5.41) is 6.58. The smallest absolute Gasteiger partial charge is 0.248 e. The molecule has 1 fully saturated rings. The zero-order chi connectivity index (χ0) is 22.1. The van der Waals surface area contributed by atoms with Crippen LogP contribution in [0.5, 0.6) is 0 Å². The summed E-state index contributed by atoms with van der Waals surface area (Å²) in [4.78, 5) is 26.0. The summed E-state index contributed by atoms with van der Waals surface area (Å²) in [5.41, 5.74) is 1.53. The molecule has 1 saturated heterocycles. The predicted molar refractivity (Wildman–Crippen MR) is 111 cm³/mol. The van der Waals surface area contributed by atoms with E-state index in [1.165, 1.54) is 11.2 Å². The molecule has 0 spiro atoms. The van der Waals surface area contributed by atoms with Gasteiger partial charge in [-0.2, -0.15) is 4.31 Å². The second-order valence-electron chi connectivity index (χ2n) is 7.39. The molecule has 9 nitrogen and oxygen atoms in total. The van der Waals surface area contributed by atoms with E-state index in [0.717, 1.165) is 0 Å². The molecule has 30 heavy (non-hydrogen) atoms. The number of anilines is 1. The summed E-state index contributed by atoms with van der Waals surface area (Å²) in [7, 11) is -3.69. The summed E-state index contributed by atoms with van der Waals surface area (Å²) in [6.45, 7) is 7.88. The number of carbonyl (C=O) groups is 2. The number of piperazine rings is 1. The topological polar surface area (TPSA) is 113 Å². The Morgan fingerprint density at radius 3 is 2.20 bits per heavy atom. The van der Waals surface area contributed by atoms with Crippen LogP contribution in [0, 0.1) is 13.8 Å². The Bertz CT molecular complexity index is 1020. The van der Waals surface area contributed by atoms with Gasteiger partial charge in [0.25, 0.3) is 0 Å². The first-order chi connectivity index (χ1) is 14.1. The van der Waals surface area contributed by atoms with Crippen molar-refractivity contribution in [2.75, 3.05) is 31.5 Å². The number of rotatable bonds is 6. The van der Waals surface area contributed by atoms with E-state index >= 15 is 0 Å². The van der Waals surface area contributed by atoms with E-state index < -0.39 is 16.1 Å². The number of amides is 1. The third kappa shape index (κ3) is 4.45. The van der Waals surface area contributed by atoms with Gasteiger partial charge in [0.1, 0.15) is 10.6 Å². The molecule has 0 aliphatic carbocycles. The van der Waals surface area contributed by atoms with Crippen molar-refractivity contribution in [3.8, 4) is 0 Å². The minimum absolute atomic E-state index is 0.0364. The average Bonchev–Trinajstić information content (AvgIpc) is 3.06. The van der Waals surface area contributed by atoms with Crippen molar-refractivity contribution >= 4 is 27.4 Å². The lowest BCUT2D eigenvalue weighted by atomic mass is 10.1. The molecule has 10 heteroatoms. The van der Waals surface area contributed by atoms with Crippen molar-refractivity contribution in [3.05, 3.63) is 41.3 Å². The van der Waals surface area contributed by atoms with Crippen LogP contribution < -0.4 is 5.32 Å². The van der Waals surface area contributed by atoms with Crippen molar-refractivity contribution < 1.29 is 22.5 Å². The summed E-state index contributed by atoms with van der Waals surface area (Å²) >= 11 is 0. The second-order valence-corrected chi connectivity index (χ2v) is 9.27. The molecule has 3 rings (SSSR count). The van der Waals surface area contributed by atoms with E-state index in [1.54, 1.807) is 45.0 Å². The van der Waals surface area contributed by atoms with Crippen LogP contribution in [0.25, 0.3) is 0 Å². The number of hydrogen-bond donors (Lipinski definition) is 1. The van der Waals surface area contributed by atoms with E-state index in [1.807, 2.05) is 4.90 Å². The highest BCUT2D eigenvalue weighted by atomic mass is 32.2. The fraction of sp³-hybridized carbons (Fsp3) is 0.450. The van der Waals surface area contributed by atoms with Crippen molar-refractivity contribution in [1.29, 1.82) is 0 Å². The van der Waals surface area contributed by atoms with Crippen LogP contribution >= 0.6 is 0 Å². The molecule has 1 atom stereocenters. The standard InChI is InChI=1S/C20H26N4O5S/c1-13-19(16(4)29-22-13)30(27,28)24-11-9-23(10-12-24)14(2)20(26)21-18-7-5-17(6-8-18)15(3)25/h5-8,14H,9-12H2,1-4H3,(H,21,26)/t14-/m1/s1. The molecule has 1 aromatic heterocycles. The maximum atomic E-state index is 12.9. The van der Waals surface area contributed by atoms with Crippen molar-refractivity contribution in [2.24, 2.45) is 0 Å². The number of ketones is 1. The number of aromatic nitrogens is 1. The van der Waals surface area contributed by atoms with Crippen molar-refractivity contribution in [1.82, 2.24) is 14.4 Å². The predicted octanol–water partition coefficient (Wildman–Crippen LogP) is 1.83. The quantitative estimate of drug-likeness (QED) is 0.690. The molecule has 162 valence electrons. The second kappa shape index (κ2) is 8.66. The Morgan fingerprint density at radius 2 is 1.70 bits per heavy atom. The van der Waals surface area contributed by atoms with Gasteiger partial charge in [0.05, 0.1) is 6.04 Å². The van der Waals surface area contributed by atoms with Gasteiger partial charge in [-0.25, -0.2) is 8.42 Å². The number of benzene rings is 1. The minimum atomic E-state index is -3.69. The van der Waals surface area contributed by atoms with Crippen LogP contribution in [0.4, 0.5) is 5.69 Å². The Balaban J connectivity index is 1.60. The highest BCUT2D eigenvalue weighted by molar-refractivity contribution is 7.89. The largest absolute Gasteiger partial charge is 0.360 e. The average molecular weight is 435 g/mol. The maximum absolute atomic E-state index is 12.9. The molecule has 0 unspecified atom stereocenters. The van der Waals surface area contributed by atoms with Gasteiger partial charge in [0.2, 0.25) is 15.9 Å². The van der Waals surface area contributed by atoms with Crippen LogP contribution in [0.15, 0.2) is 33.7 Å². The molecule has 0 bridgehead atoms. The molecule has 2 aromatic rings. The Morgan fingerprint density at radius 1 is 1.10 bits per heavy atom. The first kappa shape index (κ1) is 22.1. The van der Waals surface area contributed by atoms with E-state index in [0.29, 0.717) is 30.0 Å². The fourth-order valence-corrected chi connectivity index (χ4v) is 5.22. The Labute approximate surface area is 176 Å². The summed E-state index contributed by atoms with van der Waals surface area (Å²) in [5.74, 6) is 0.0525. The molecule has 2 heterocycles. The van der Waals surface area contributed by atoms with Gasteiger partial charge in [-0.1, -0.05) is 5.16 Å². The lowest BCUT2D eigenvalue weighted by Gasteiger charge is -2.36. The molecule has 0 radical (unpaired) electrons. The first-order valence-electron chi connectivity index (χ1n) is 9.70. The van der Waals surface area contributed by atoms with Gasteiger partial charge < -0.3 is 9.84 Å². The lowest BCUT2D eigenvalue weighted by Crippen LogP contribution is -2.54. The monoisotopic (exact) mass is 434 g/mol. The molecule has 1 aliphatic heterocycles. The number of hydrogen-bond acceptors (Lipinski definition) is 7. The number of sulfonamides is 1. The summed E-state index contributed by atoms with van der Waals surface area (Å²) < 4.78 is 32.2. The number of Topliss-reactive ketones (excluding diaryl/α,β-unsaturated/α-hetero) is 1. The van der Waals surface area contributed by atoms with E-state index in [9.17, 15) is 18.0 Å². The maximum Gasteiger partial charge on any atom is 0.248 e. The molecular weight excluding hydrogens is 408 g/mol. The van der Waals surface area contributed by atoms with Crippen molar-refractivity contribution in [3.63, 3.8) is 0 Å². The van der Waals surface area contributed by atoms with Gasteiger partial charge in [-0.3, -0.25) is 14.5 Å². The van der Waals surface area contributed by atoms with E-state index in [-0.39, 0.29) is 35.4 Å². The SMILES string of the molecule is CC(=O)c1ccc(NC(=O)[C@@H](C)N2CCN(S(=O)(=O)c3c(C)noc3C)CC2)cc1. The normalized spacial score (nSPS) is 16.9. The third-order valence-corrected chi connectivity index (χ3v) is 7.47. The Hall–Kier alpha value is -2.56. The number of nitrogens with one attached hydrogen (secondary N) is 1. The van der Waals surface area contributed by atoms with Crippen LogP contribution in [0.1, 0.15) is 35.7 Å². The molecule has 1 aliphatic rings. The van der Waals surface area contributed by atoms with Crippen molar-refractivity contribution in [2.45, 2.75) is 38.6 Å². The summed E-state index contributed by atoms with van der Waals surface area (Å²) in [6, 6.07) is 6.29. The van der Waals surface area contributed by atoms with Crippen LogP contribution in [-0.4, -0.2) is 66.7 Å². The minimum Gasteiger partial charge on any atom is -0.360 e. The van der Waals surface area contributed by atoms with Crippen LogP contribution in [-0.2, 0) is 14.8 Å². The van der Waals surface area contributed by atoms with Gasteiger partial charge in [0.15, 0.2) is 11.5 Å². The van der Waals surface area contributed by atoms with Crippen LogP contribution in [0.3, 0.4) is 0 Å². The zero-order valence-electron chi connectivity index (χ0n) is 17.5. The molecular formula is C20H26N4O5S. The highest BCUT2D eigenvalue weighted by Crippen LogP contribution is 2.24. The van der Waals surface area contributed by atoms with E-state index in [4.69, 9.17) is 4.52 Å². The fourth-order valence-electron chi connectivity index (χ4n) is 3.50. The third-order valence-electron chi connectivity index (χ3n) is 5.33. The van der Waals surface area contributed by atoms with Gasteiger partial charge in [-0.15, -0.1) is 0 Å². The number of nitrogens with zero attached hydrogens (tertiary/aromatic N) is 3. The van der Waals surface area contributed by atoms with Gasteiger partial charge in [0, 0.05) is 37.4 Å². The zero-order valence-corrected chi connectivity index (χ0v) is 18.3. The lowest BCUT2D eigenvalue weighted by molar-refractivity contribution is -0.121. The Kier molecular flexibility index (Phi) is 6.39. The molecule has 1 N–H and O–H groups in total. The van der Waals surface area contributed by atoms with Gasteiger partial charge >= 0.3 is 0 Å². The van der Waals surface area contributed by atoms with Crippen LogP contribution in [0.2, 0.25) is 0 Å². The number of aryl methyl sites for hydroxylation is 2. The molecule has 0 saturated carbocycles. The summed E-state index contributed by atoms with van der Waals surface area (Å²) in [6.07, 6.45) is 0. The van der Waals surface area contributed by atoms with Gasteiger partial charge in [-0.05, 0) is 52.0 Å². The van der Waals surface area contributed by atoms with E-state index in [2.05, 4.69) is 10.5 Å². The molecule has 1 amide bonds. The molecule has 1 aromatic carbocycles.